The first-order valence-corrected chi connectivity index (χ1v) is 8.23. The SMILES string of the molecule is Cc1cc(Cl)nc(Cl)c1NS(=O)(=O)c1ccc(Cl)c(N)c1. The second kappa shape index (κ2) is 5.88. The molecule has 0 aliphatic carbocycles. The van der Waals surface area contributed by atoms with Gasteiger partial charge >= 0.3 is 0 Å². The number of aryl methyl sites for hydroxylation is 1. The van der Waals surface area contributed by atoms with Crippen molar-refractivity contribution in [1.29, 1.82) is 0 Å². The van der Waals surface area contributed by atoms with Crippen LogP contribution in [0.25, 0.3) is 0 Å². The molecule has 5 nitrogen and oxygen atoms in total. The number of halogens is 3. The standard InChI is InChI=1S/C12H10Cl3N3O2S/c1-6-4-10(14)17-12(15)11(6)18-21(19,20)7-2-3-8(13)9(16)5-7/h2-5,18H,16H2,1H3. The Bertz CT molecular complexity index is 786. The summed E-state index contributed by atoms with van der Waals surface area (Å²) >= 11 is 17.4. The Morgan fingerprint density at radius 2 is 1.86 bits per heavy atom. The van der Waals surface area contributed by atoms with Gasteiger partial charge in [-0.2, -0.15) is 0 Å². The Labute approximate surface area is 137 Å². The molecular weight excluding hydrogens is 357 g/mol. The summed E-state index contributed by atoms with van der Waals surface area (Å²) in [5.41, 5.74) is 6.48. The van der Waals surface area contributed by atoms with E-state index in [1.165, 1.54) is 24.3 Å². The van der Waals surface area contributed by atoms with Gasteiger partial charge in [-0.1, -0.05) is 34.8 Å². The number of pyridine rings is 1. The van der Waals surface area contributed by atoms with Crippen LogP contribution in [0, 0.1) is 6.92 Å². The van der Waals surface area contributed by atoms with Gasteiger partial charge in [-0.05, 0) is 36.8 Å². The van der Waals surface area contributed by atoms with Gasteiger partial charge in [-0.25, -0.2) is 13.4 Å². The molecule has 0 bridgehead atoms. The van der Waals surface area contributed by atoms with Crippen LogP contribution in [0.4, 0.5) is 11.4 Å². The van der Waals surface area contributed by atoms with Gasteiger partial charge in [-0.15, -0.1) is 0 Å². The number of nitrogens with one attached hydrogen (secondary N) is 1. The lowest BCUT2D eigenvalue weighted by molar-refractivity contribution is 0.601. The lowest BCUT2D eigenvalue weighted by Gasteiger charge is -2.12. The van der Waals surface area contributed by atoms with Crippen LogP contribution in [0.5, 0.6) is 0 Å². The summed E-state index contributed by atoms with van der Waals surface area (Å²) in [6.45, 7) is 1.66. The molecule has 2 aromatic rings. The highest BCUT2D eigenvalue weighted by Gasteiger charge is 2.19. The van der Waals surface area contributed by atoms with Gasteiger partial charge in [0.1, 0.15) is 5.15 Å². The van der Waals surface area contributed by atoms with E-state index in [-0.39, 0.29) is 31.6 Å². The Morgan fingerprint density at radius 1 is 1.19 bits per heavy atom. The molecule has 0 spiro atoms. The van der Waals surface area contributed by atoms with E-state index >= 15 is 0 Å². The third kappa shape index (κ3) is 3.52. The minimum atomic E-state index is -3.87. The Hall–Kier alpha value is -1.21. The minimum absolute atomic E-state index is 0.0326. The molecule has 0 fully saturated rings. The maximum absolute atomic E-state index is 12.3. The van der Waals surface area contributed by atoms with Gasteiger partial charge in [0, 0.05) is 0 Å². The molecule has 0 unspecified atom stereocenters. The predicted molar refractivity (Wildman–Crippen MR) is 85.7 cm³/mol. The molecular formula is C12H10Cl3N3O2S. The Morgan fingerprint density at radius 3 is 2.43 bits per heavy atom. The summed E-state index contributed by atoms with van der Waals surface area (Å²) in [7, 11) is -3.87. The zero-order valence-corrected chi connectivity index (χ0v) is 13.8. The third-order valence-electron chi connectivity index (χ3n) is 2.66. The number of nitrogen functional groups attached to an aromatic ring is 1. The molecule has 1 heterocycles. The second-order valence-electron chi connectivity index (χ2n) is 4.22. The molecule has 0 aliphatic rings. The molecule has 9 heteroatoms. The fraction of sp³-hybridized carbons (Fsp3) is 0.0833. The number of aromatic nitrogens is 1. The van der Waals surface area contributed by atoms with Crippen molar-refractivity contribution in [2.45, 2.75) is 11.8 Å². The maximum atomic E-state index is 12.3. The van der Waals surface area contributed by atoms with Crippen molar-refractivity contribution in [2.24, 2.45) is 0 Å². The highest BCUT2D eigenvalue weighted by molar-refractivity contribution is 7.92. The lowest BCUT2D eigenvalue weighted by Crippen LogP contribution is -2.15. The van der Waals surface area contributed by atoms with E-state index in [1.54, 1.807) is 6.92 Å². The highest BCUT2D eigenvalue weighted by atomic mass is 35.5. The van der Waals surface area contributed by atoms with Crippen molar-refractivity contribution >= 4 is 56.2 Å². The lowest BCUT2D eigenvalue weighted by atomic mass is 10.3. The van der Waals surface area contributed by atoms with Gasteiger partial charge in [-0.3, -0.25) is 4.72 Å². The van der Waals surface area contributed by atoms with E-state index < -0.39 is 10.0 Å². The summed E-state index contributed by atoms with van der Waals surface area (Å²) < 4.78 is 27.0. The molecule has 2 rings (SSSR count). The zero-order chi connectivity index (χ0) is 15.8. The Balaban J connectivity index is 2.44. The van der Waals surface area contributed by atoms with Crippen LogP contribution in [0.3, 0.4) is 0 Å². The molecule has 21 heavy (non-hydrogen) atoms. The molecule has 0 atom stereocenters. The topological polar surface area (TPSA) is 85.1 Å². The van der Waals surface area contributed by atoms with Crippen molar-refractivity contribution in [1.82, 2.24) is 4.98 Å². The summed E-state index contributed by atoms with van der Waals surface area (Å²) in [4.78, 5) is 3.77. The monoisotopic (exact) mass is 365 g/mol. The number of sulfonamides is 1. The molecule has 3 N–H and O–H groups in total. The van der Waals surface area contributed by atoms with Crippen molar-refractivity contribution in [3.8, 4) is 0 Å². The predicted octanol–water partition coefficient (Wildman–Crippen LogP) is 3.73. The largest absolute Gasteiger partial charge is 0.397 e. The quantitative estimate of drug-likeness (QED) is 0.640. The normalized spacial score (nSPS) is 11.4. The molecule has 1 aromatic heterocycles. The van der Waals surface area contributed by atoms with Crippen LogP contribution in [-0.4, -0.2) is 13.4 Å². The molecule has 1 aromatic carbocycles. The zero-order valence-electron chi connectivity index (χ0n) is 10.7. The molecule has 0 saturated heterocycles. The van der Waals surface area contributed by atoms with Crippen LogP contribution < -0.4 is 10.5 Å². The van der Waals surface area contributed by atoms with Crippen molar-refractivity contribution in [3.63, 3.8) is 0 Å². The van der Waals surface area contributed by atoms with Gasteiger partial charge in [0.25, 0.3) is 10.0 Å². The maximum Gasteiger partial charge on any atom is 0.262 e. The van der Waals surface area contributed by atoms with Crippen LogP contribution in [0.2, 0.25) is 15.3 Å². The fourth-order valence-electron chi connectivity index (χ4n) is 1.60. The van der Waals surface area contributed by atoms with E-state index in [2.05, 4.69) is 9.71 Å². The van der Waals surface area contributed by atoms with Crippen molar-refractivity contribution in [2.75, 3.05) is 10.5 Å². The van der Waals surface area contributed by atoms with E-state index in [1.807, 2.05) is 0 Å². The number of benzene rings is 1. The van der Waals surface area contributed by atoms with Gasteiger partial charge in [0.15, 0.2) is 5.15 Å². The first kappa shape index (κ1) is 16.2. The van der Waals surface area contributed by atoms with Gasteiger partial charge in [0.05, 0.1) is 21.3 Å². The smallest absolute Gasteiger partial charge is 0.262 e. The number of nitrogens with two attached hydrogens (primary N) is 1. The van der Waals surface area contributed by atoms with E-state index in [4.69, 9.17) is 40.5 Å². The van der Waals surface area contributed by atoms with Crippen LogP contribution in [-0.2, 0) is 10.0 Å². The summed E-state index contributed by atoms with van der Waals surface area (Å²) in [6.07, 6.45) is 0. The van der Waals surface area contributed by atoms with Crippen molar-refractivity contribution in [3.05, 3.63) is 45.2 Å². The van der Waals surface area contributed by atoms with Crippen LogP contribution in [0.15, 0.2) is 29.2 Å². The first-order valence-electron chi connectivity index (χ1n) is 5.61. The number of hydrogen-bond donors (Lipinski definition) is 2. The molecule has 0 radical (unpaired) electrons. The fourth-order valence-corrected chi connectivity index (χ4v) is 3.53. The third-order valence-corrected chi connectivity index (χ3v) is 4.81. The van der Waals surface area contributed by atoms with E-state index in [9.17, 15) is 8.42 Å². The number of anilines is 2. The summed E-state index contributed by atoms with van der Waals surface area (Å²) in [6, 6.07) is 5.51. The number of rotatable bonds is 3. The van der Waals surface area contributed by atoms with E-state index in [0.29, 0.717) is 5.56 Å². The summed E-state index contributed by atoms with van der Waals surface area (Å²) in [5, 5.41) is 0.415. The number of nitrogens with zero attached hydrogens (tertiary/aromatic N) is 1. The van der Waals surface area contributed by atoms with Gasteiger partial charge < -0.3 is 5.73 Å². The molecule has 0 saturated carbocycles. The molecule has 0 aliphatic heterocycles. The highest BCUT2D eigenvalue weighted by Crippen LogP contribution is 2.30. The van der Waals surface area contributed by atoms with Gasteiger partial charge in [0.2, 0.25) is 0 Å². The average Bonchev–Trinajstić information content (AvgIpc) is 2.37. The minimum Gasteiger partial charge on any atom is -0.397 e. The molecule has 0 amide bonds. The van der Waals surface area contributed by atoms with Crippen LogP contribution in [0.1, 0.15) is 5.56 Å². The van der Waals surface area contributed by atoms with Crippen molar-refractivity contribution < 1.29 is 8.42 Å². The second-order valence-corrected chi connectivity index (χ2v) is 7.05. The number of hydrogen-bond acceptors (Lipinski definition) is 4. The summed E-state index contributed by atoms with van der Waals surface area (Å²) in [5.74, 6) is 0. The average molecular weight is 367 g/mol. The van der Waals surface area contributed by atoms with E-state index in [0.717, 1.165) is 0 Å². The molecule has 112 valence electrons. The Kier molecular flexibility index (Phi) is 4.53. The first-order chi connectivity index (χ1) is 9.70. The van der Waals surface area contributed by atoms with Crippen LogP contribution >= 0.6 is 34.8 Å².